The lowest BCUT2D eigenvalue weighted by Gasteiger charge is -2.12. The maximum atomic E-state index is 14.0. The number of halogens is 3. The number of hydrogen-bond donors (Lipinski definition) is 2. The van der Waals surface area contributed by atoms with Crippen LogP contribution in [0.1, 0.15) is 35.9 Å². The summed E-state index contributed by atoms with van der Waals surface area (Å²) < 4.78 is 33.0. The van der Waals surface area contributed by atoms with Gasteiger partial charge >= 0.3 is 5.76 Å². The molecule has 176 valence electrons. The van der Waals surface area contributed by atoms with Crippen LogP contribution in [0.3, 0.4) is 0 Å². The van der Waals surface area contributed by atoms with Crippen molar-refractivity contribution in [3.8, 4) is 11.3 Å². The summed E-state index contributed by atoms with van der Waals surface area (Å²) in [5, 5.41) is 6.86. The van der Waals surface area contributed by atoms with E-state index in [9.17, 15) is 13.6 Å². The van der Waals surface area contributed by atoms with E-state index in [1.165, 1.54) is 18.5 Å². The lowest BCUT2D eigenvalue weighted by molar-refractivity contribution is 0.382. The number of aromatic nitrogens is 4. The van der Waals surface area contributed by atoms with Crippen LogP contribution in [0.25, 0.3) is 11.3 Å². The molecule has 0 spiro atoms. The summed E-state index contributed by atoms with van der Waals surface area (Å²) >= 11 is 3.08. The van der Waals surface area contributed by atoms with Gasteiger partial charge in [-0.3, -0.25) is 9.51 Å². The van der Waals surface area contributed by atoms with Crippen molar-refractivity contribution in [2.45, 2.75) is 32.6 Å². The molecular formula is C24H22BrF2N5O2. The molecule has 0 radical (unpaired) electrons. The van der Waals surface area contributed by atoms with Crippen molar-refractivity contribution in [2.24, 2.45) is 0 Å². The highest BCUT2D eigenvalue weighted by Gasteiger charge is 2.12. The minimum Gasteiger partial charge on any atom is -0.370 e. The third kappa shape index (κ3) is 5.74. The largest absolute Gasteiger partial charge is 0.438 e. The van der Waals surface area contributed by atoms with Crippen molar-refractivity contribution in [1.29, 1.82) is 0 Å². The first-order chi connectivity index (χ1) is 16.4. The van der Waals surface area contributed by atoms with Crippen LogP contribution in [0.2, 0.25) is 0 Å². The number of nitrogens with zero attached hydrogens (tertiary/aromatic N) is 3. The minimum absolute atomic E-state index is 0.0261. The van der Waals surface area contributed by atoms with E-state index in [0.717, 1.165) is 35.2 Å². The van der Waals surface area contributed by atoms with E-state index in [2.05, 4.69) is 58.9 Å². The quantitative estimate of drug-likeness (QED) is 0.314. The van der Waals surface area contributed by atoms with Gasteiger partial charge in [-0.15, -0.1) is 0 Å². The molecule has 10 heteroatoms. The van der Waals surface area contributed by atoms with Crippen LogP contribution >= 0.6 is 15.9 Å². The molecule has 0 bridgehead atoms. The van der Waals surface area contributed by atoms with E-state index >= 15 is 0 Å². The van der Waals surface area contributed by atoms with Crippen molar-refractivity contribution >= 4 is 21.7 Å². The van der Waals surface area contributed by atoms with Gasteiger partial charge in [0.15, 0.2) is 5.82 Å². The summed E-state index contributed by atoms with van der Waals surface area (Å²) in [4.78, 5) is 22.4. The van der Waals surface area contributed by atoms with E-state index in [4.69, 9.17) is 0 Å². The van der Waals surface area contributed by atoms with Crippen LogP contribution in [-0.4, -0.2) is 26.7 Å². The number of anilines is 1. The first-order valence-corrected chi connectivity index (χ1v) is 11.6. The Bertz CT molecular complexity index is 1330. The zero-order chi connectivity index (χ0) is 24.1. The van der Waals surface area contributed by atoms with Gasteiger partial charge in [-0.05, 0) is 42.2 Å². The van der Waals surface area contributed by atoms with Crippen LogP contribution in [-0.2, 0) is 19.3 Å². The number of nitrogens with one attached hydrogen (secondary N) is 2. The Morgan fingerprint density at radius 2 is 1.85 bits per heavy atom. The van der Waals surface area contributed by atoms with Gasteiger partial charge in [-0.25, -0.2) is 23.5 Å². The van der Waals surface area contributed by atoms with Crippen molar-refractivity contribution in [3.05, 3.63) is 91.9 Å². The predicted molar refractivity (Wildman–Crippen MR) is 128 cm³/mol. The first-order valence-electron chi connectivity index (χ1n) is 10.8. The summed E-state index contributed by atoms with van der Waals surface area (Å²) in [5.74, 6) is -0.715. The number of H-pyrrole nitrogens is 1. The summed E-state index contributed by atoms with van der Waals surface area (Å²) in [7, 11) is 0. The second kappa shape index (κ2) is 10.7. The maximum Gasteiger partial charge on any atom is 0.438 e. The Labute approximate surface area is 202 Å². The maximum absolute atomic E-state index is 14.0. The Morgan fingerprint density at radius 3 is 2.56 bits per heavy atom. The molecule has 0 fully saturated rings. The van der Waals surface area contributed by atoms with Gasteiger partial charge in [0, 0.05) is 34.6 Å². The number of hydrogen-bond acceptors (Lipinski definition) is 6. The van der Waals surface area contributed by atoms with Crippen LogP contribution in [0.15, 0.2) is 56.5 Å². The van der Waals surface area contributed by atoms with Crippen molar-refractivity contribution in [1.82, 2.24) is 20.1 Å². The van der Waals surface area contributed by atoms with Crippen molar-refractivity contribution in [3.63, 3.8) is 0 Å². The van der Waals surface area contributed by atoms with Gasteiger partial charge in [0.05, 0.1) is 5.69 Å². The molecule has 7 nitrogen and oxygen atoms in total. The highest BCUT2D eigenvalue weighted by Crippen LogP contribution is 2.25. The summed E-state index contributed by atoms with van der Waals surface area (Å²) in [6, 6.07) is 10.3. The van der Waals surface area contributed by atoms with E-state index in [1.54, 1.807) is 6.07 Å². The topological polar surface area (TPSA) is 96.7 Å². The van der Waals surface area contributed by atoms with E-state index in [1.807, 2.05) is 12.1 Å². The van der Waals surface area contributed by atoms with Crippen LogP contribution in [0, 0.1) is 11.6 Å². The number of aryl methyl sites for hydroxylation is 1. The van der Waals surface area contributed by atoms with E-state index in [-0.39, 0.29) is 12.0 Å². The average Bonchev–Trinajstić information content (AvgIpc) is 3.21. The zero-order valence-corrected chi connectivity index (χ0v) is 20.0. The molecule has 34 heavy (non-hydrogen) atoms. The van der Waals surface area contributed by atoms with Crippen LogP contribution < -0.4 is 11.1 Å². The molecular weight excluding hydrogens is 508 g/mol. The van der Waals surface area contributed by atoms with Crippen LogP contribution in [0.4, 0.5) is 14.6 Å². The molecule has 0 aliphatic heterocycles. The van der Waals surface area contributed by atoms with Gasteiger partial charge < -0.3 is 5.32 Å². The van der Waals surface area contributed by atoms with Gasteiger partial charge in [-0.1, -0.05) is 46.6 Å². The number of rotatable bonds is 9. The predicted octanol–water partition coefficient (Wildman–Crippen LogP) is 5.06. The highest BCUT2D eigenvalue weighted by atomic mass is 79.9. The van der Waals surface area contributed by atoms with E-state index in [0.29, 0.717) is 29.1 Å². The summed E-state index contributed by atoms with van der Waals surface area (Å²) in [5.41, 5.74) is 3.83. The summed E-state index contributed by atoms with van der Waals surface area (Å²) in [6.45, 7) is 2.40. The summed E-state index contributed by atoms with van der Waals surface area (Å²) in [6.07, 6.45) is 3.88. The molecule has 0 saturated carbocycles. The molecule has 0 saturated heterocycles. The highest BCUT2D eigenvalue weighted by molar-refractivity contribution is 9.10. The van der Waals surface area contributed by atoms with Gasteiger partial charge in [0.25, 0.3) is 0 Å². The Morgan fingerprint density at radius 1 is 1.06 bits per heavy atom. The zero-order valence-electron chi connectivity index (χ0n) is 18.4. The third-order valence-corrected chi connectivity index (χ3v) is 5.78. The molecule has 0 unspecified atom stereocenters. The molecule has 2 aromatic heterocycles. The molecule has 2 aromatic carbocycles. The lowest BCUT2D eigenvalue weighted by atomic mass is 9.96. The Kier molecular flexibility index (Phi) is 7.46. The molecule has 0 amide bonds. The second-order valence-corrected chi connectivity index (χ2v) is 8.68. The Balaban J connectivity index is 1.49. The van der Waals surface area contributed by atoms with Crippen molar-refractivity contribution in [2.75, 3.05) is 11.9 Å². The molecule has 2 heterocycles. The van der Waals surface area contributed by atoms with Gasteiger partial charge in [0.1, 0.15) is 23.8 Å². The van der Waals surface area contributed by atoms with E-state index < -0.39 is 17.4 Å². The number of benzene rings is 2. The standard InChI is InChI=1S/C24H22BrF2N5O2/c1-2-3-14-8-16(5-4-15(14)9-23-31-24(33)34-32-23)21-12-22(30-13-29-21)28-7-6-18-19(26)10-17(25)11-20(18)27/h4-5,8,10-13H,2-3,6-7,9H2,1H3,(H,28,29,30)(H,31,32,33). The fraction of sp³-hybridized carbons (Fsp3) is 0.250. The smallest absolute Gasteiger partial charge is 0.370 e. The molecule has 4 aromatic rings. The molecule has 2 N–H and O–H groups in total. The number of aromatic amines is 1. The first kappa shape index (κ1) is 23.7. The normalized spacial score (nSPS) is 11.1. The second-order valence-electron chi connectivity index (χ2n) is 7.77. The Hall–Kier alpha value is -3.40. The van der Waals surface area contributed by atoms with Gasteiger partial charge in [0.2, 0.25) is 0 Å². The molecule has 0 atom stereocenters. The molecule has 0 aliphatic carbocycles. The third-order valence-electron chi connectivity index (χ3n) is 5.32. The van der Waals surface area contributed by atoms with Crippen molar-refractivity contribution < 1.29 is 13.3 Å². The lowest BCUT2D eigenvalue weighted by Crippen LogP contribution is -2.09. The van der Waals surface area contributed by atoms with Crippen LogP contribution in [0.5, 0.6) is 0 Å². The van der Waals surface area contributed by atoms with Gasteiger partial charge in [-0.2, -0.15) is 0 Å². The fourth-order valence-electron chi connectivity index (χ4n) is 3.71. The monoisotopic (exact) mass is 529 g/mol. The average molecular weight is 530 g/mol. The minimum atomic E-state index is -0.588. The molecule has 4 rings (SSSR count). The fourth-order valence-corrected chi connectivity index (χ4v) is 4.12. The molecule has 0 aliphatic rings. The SMILES string of the molecule is CCCc1cc(-c2cc(NCCc3c(F)cc(Br)cc3F)ncn2)ccc1Cc1noc(=O)[nH]1.